The van der Waals surface area contributed by atoms with Crippen molar-refractivity contribution in [3.8, 4) is 0 Å². The molecule has 5 heteroatoms. The first-order chi connectivity index (χ1) is 9.76. The maximum atomic E-state index is 12.1. The molecule has 104 valence electrons. The molecule has 1 amide bonds. The van der Waals surface area contributed by atoms with Gasteiger partial charge in [0.2, 0.25) is 0 Å². The zero-order chi connectivity index (χ0) is 13.9. The maximum absolute atomic E-state index is 12.1. The van der Waals surface area contributed by atoms with Crippen molar-refractivity contribution in [2.45, 2.75) is 33.0 Å². The second-order valence-corrected chi connectivity index (χ2v) is 5.80. The van der Waals surface area contributed by atoms with Gasteiger partial charge >= 0.3 is 0 Å². The van der Waals surface area contributed by atoms with Crippen molar-refractivity contribution in [1.82, 2.24) is 15.6 Å². The average molecular weight is 287 g/mol. The highest BCUT2D eigenvalue weighted by Crippen LogP contribution is 2.17. The van der Waals surface area contributed by atoms with Gasteiger partial charge in [0.1, 0.15) is 0 Å². The van der Waals surface area contributed by atoms with Crippen LogP contribution in [0.1, 0.15) is 39.1 Å². The van der Waals surface area contributed by atoms with Gasteiger partial charge < -0.3 is 10.6 Å². The van der Waals surface area contributed by atoms with Crippen LogP contribution in [0.2, 0.25) is 0 Å². The molecule has 0 atom stereocenters. The van der Waals surface area contributed by atoms with Gasteiger partial charge in [-0.05, 0) is 29.7 Å². The minimum Gasteiger partial charge on any atom is -0.346 e. The Morgan fingerprint density at radius 3 is 3.05 bits per heavy atom. The number of nitrogens with one attached hydrogen (secondary N) is 2. The number of carbonyl (C=O) groups is 1. The number of fused-ring (bicyclic) bond motifs is 1. The molecular weight excluding hydrogens is 270 g/mol. The largest absolute Gasteiger partial charge is 0.346 e. The Morgan fingerprint density at radius 2 is 2.25 bits per heavy atom. The summed E-state index contributed by atoms with van der Waals surface area (Å²) in [6, 6.07) is 5.89. The molecule has 2 heterocycles. The van der Waals surface area contributed by atoms with E-state index in [0.29, 0.717) is 6.54 Å². The van der Waals surface area contributed by atoms with Crippen molar-refractivity contribution in [2.24, 2.45) is 0 Å². The van der Waals surface area contributed by atoms with Crippen LogP contribution in [0.3, 0.4) is 0 Å². The van der Waals surface area contributed by atoms with Crippen LogP contribution in [0.5, 0.6) is 0 Å². The molecule has 4 nitrogen and oxygen atoms in total. The molecule has 0 radical (unpaired) electrons. The van der Waals surface area contributed by atoms with E-state index in [2.05, 4.69) is 22.5 Å². The minimum atomic E-state index is -0.0363. The second-order valence-electron chi connectivity index (χ2n) is 4.86. The lowest BCUT2D eigenvalue weighted by molar-refractivity contribution is 0.0950. The average Bonchev–Trinajstić information content (AvgIpc) is 3.12. The summed E-state index contributed by atoms with van der Waals surface area (Å²) in [6.07, 6.45) is 0.941. The molecule has 3 rings (SSSR count). The molecule has 1 aliphatic rings. The topological polar surface area (TPSA) is 54.0 Å². The van der Waals surface area contributed by atoms with E-state index < -0.39 is 0 Å². The number of carbonyl (C=O) groups excluding carboxylic acids is 1. The third kappa shape index (κ3) is 2.73. The maximum Gasteiger partial charge on any atom is 0.251 e. The summed E-state index contributed by atoms with van der Waals surface area (Å²) in [6.45, 7) is 4.32. The zero-order valence-corrected chi connectivity index (χ0v) is 12.2. The highest BCUT2D eigenvalue weighted by Gasteiger charge is 2.13. The van der Waals surface area contributed by atoms with Crippen molar-refractivity contribution in [3.63, 3.8) is 0 Å². The summed E-state index contributed by atoms with van der Waals surface area (Å²) in [5.74, 6) is -0.0363. The first-order valence-corrected chi connectivity index (χ1v) is 7.68. The monoisotopic (exact) mass is 287 g/mol. The lowest BCUT2D eigenvalue weighted by Gasteiger charge is -2.05. The predicted octanol–water partition coefficient (Wildman–Crippen LogP) is 2.24. The van der Waals surface area contributed by atoms with E-state index in [4.69, 9.17) is 0 Å². The van der Waals surface area contributed by atoms with Gasteiger partial charge in [-0.1, -0.05) is 13.0 Å². The Kier molecular flexibility index (Phi) is 3.80. The summed E-state index contributed by atoms with van der Waals surface area (Å²) in [7, 11) is 0. The van der Waals surface area contributed by atoms with E-state index in [1.165, 1.54) is 11.1 Å². The molecule has 0 saturated heterocycles. The molecular formula is C15H17N3OS. The summed E-state index contributed by atoms with van der Waals surface area (Å²) >= 11 is 1.64. The number of nitrogens with zero attached hydrogens (tertiary/aromatic N) is 1. The fourth-order valence-electron chi connectivity index (χ4n) is 2.30. The van der Waals surface area contributed by atoms with Gasteiger partial charge in [-0.3, -0.25) is 4.79 Å². The molecule has 1 aliphatic heterocycles. The van der Waals surface area contributed by atoms with Gasteiger partial charge in [-0.15, -0.1) is 11.3 Å². The molecule has 1 aromatic heterocycles. The molecule has 1 aromatic carbocycles. The van der Waals surface area contributed by atoms with Crippen LogP contribution < -0.4 is 10.6 Å². The molecule has 2 N–H and O–H groups in total. The van der Waals surface area contributed by atoms with Crippen molar-refractivity contribution in [1.29, 1.82) is 0 Å². The van der Waals surface area contributed by atoms with Crippen LogP contribution in [-0.4, -0.2) is 10.9 Å². The van der Waals surface area contributed by atoms with Crippen LogP contribution in [0, 0.1) is 0 Å². The Bertz CT molecular complexity index is 636. The first kappa shape index (κ1) is 13.3. The fraction of sp³-hybridized carbons (Fsp3) is 0.333. The summed E-state index contributed by atoms with van der Waals surface area (Å²) < 4.78 is 0. The van der Waals surface area contributed by atoms with Crippen LogP contribution >= 0.6 is 11.3 Å². The van der Waals surface area contributed by atoms with Crippen LogP contribution in [0.15, 0.2) is 23.6 Å². The summed E-state index contributed by atoms with van der Waals surface area (Å²) in [4.78, 5) is 16.6. The van der Waals surface area contributed by atoms with E-state index >= 15 is 0 Å². The van der Waals surface area contributed by atoms with Crippen LogP contribution in [0.4, 0.5) is 0 Å². The normalized spacial score (nSPS) is 13.2. The van der Waals surface area contributed by atoms with Crippen molar-refractivity contribution < 1.29 is 4.79 Å². The smallest absolute Gasteiger partial charge is 0.251 e. The molecule has 0 saturated carbocycles. The van der Waals surface area contributed by atoms with Gasteiger partial charge in [0, 0.05) is 24.0 Å². The Balaban J connectivity index is 1.64. The minimum absolute atomic E-state index is 0.0363. The quantitative estimate of drug-likeness (QED) is 0.907. The third-order valence-corrected chi connectivity index (χ3v) is 4.47. The van der Waals surface area contributed by atoms with Gasteiger partial charge in [-0.2, -0.15) is 0 Å². The fourth-order valence-corrected chi connectivity index (χ4v) is 3.05. The van der Waals surface area contributed by atoms with Crippen LogP contribution in [-0.2, 0) is 26.1 Å². The highest BCUT2D eigenvalue weighted by molar-refractivity contribution is 7.09. The molecule has 0 bridgehead atoms. The van der Waals surface area contributed by atoms with Crippen LogP contribution in [0.25, 0.3) is 0 Å². The molecule has 0 fully saturated rings. The Morgan fingerprint density at radius 1 is 1.40 bits per heavy atom. The van der Waals surface area contributed by atoms with Crippen molar-refractivity contribution >= 4 is 17.2 Å². The number of benzene rings is 1. The van der Waals surface area contributed by atoms with E-state index in [1.807, 2.05) is 23.6 Å². The van der Waals surface area contributed by atoms with Crippen molar-refractivity contribution in [2.75, 3.05) is 0 Å². The van der Waals surface area contributed by atoms with Crippen molar-refractivity contribution in [3.05, 3.63) is 51.0 Å². The number of aryl methyl sites for hydroxylation is 1. The Labute approximate surface area is 122 Å². The Hall–Kier alpha value is -1.72. The summed E-state index contributed by atoms with van der Waals surface area (Å²) in [5.41, 5.74) is 4.16. The lowest BCUT2D eigenvalue weighted by atomic mass is 10.1. The molecule has 0 unspecified atom stereocenters. The number of rotatable bonds is 4. The number of hydrogen-bond acceptors (Lipinski definition) is 4. The third-order valence-electron chi connectivity index (χ3n) is 3.43. The number of thiazole rings is 1. The SMILES string of the molecule is CCc1nc(CNC(=O)c2ccc3c(c2)CNC3)cs1. The standard InChI is InChI=1S/C15H17N3OS/c1-2-14-18-13(9-20-14)8-17-15(19)10-3-4-11-6-16-7-12(11)5-10/h3-5,9,16H,2,6-8H2,1H3,(H,17,19). The summed E-state index contributed by atoms with van der Waals surface area (Å²) in [5, 5.41) is 9.32. The van der Waals surface area contributed by atoms with E-state index in [0.717, 1.165) is 35.8 Å². The van der Waals surface area contributed by atoms with E-state index in [-0.39, 0.29) is 5.91 Å². The van der Waals surface area contributed by atoms with Gasteiger partial charge in [0.15, 0.2) is 0 Å². The molecule has 0 spiro atoms. The molecule has 0 aliphatic carbocycles. The van der Waals surface area contributed by atoms with Gasteiger partial charge in [-0.25, -0.2) is 4.98 Å². The van der Waals surface area contributed by atoms with Gasteiger partial charge in [0.25, 0.3) is 5.91 Å². The molecule has 20 heavy (non-hydrogen) atoms. The lowest BCUT2D eigenvalue weighted by Crippen LogP contribution is -2.23. The zero-order valence-electron chi connectivity index (χ0n) is 11.4. The predicted molar refractivity (Wildman–Crippen MR) is 79.6 cm³/mol. The number of aromatic nitrogens is 1. The molecule has 2 aromatic rings. The number of amides is 1. The second kappa shape index (κ2) is 5.73. The van der Waals surface area contributed by atoms with E-state index in [9.17, 15) is 4.79 Å². The first-order valence-electron chi connectivity index (χ1n) is 6.80. The van der Waals surface area contributed by atoms with E-state index in [1.54, 1.807) is 11.3 Å². The highest BCUT2D eigenvalue weighted by atomic mass is 32.1. The van der Waals surface area contributed by atoms with Gasteiger partial charge in [0.05, 0.1) is 17.2 Å². The number of hydrogen-bond donors (Lipinski definition) is 2.